The molecule has 3 aromatic rings. The molecular weight excluding hydrogens is 394 g/mol. The van der Waals surface area contributed by atoms with E-state index in [2.05, 4.69) is 4.74 Å². The van der Waals surface area contributed by atoms with Gasteiger partial charge in [-0.1, -0.05) is 35.9 Å². The molecule has 0 spiro atoms. The number of ether oxygens (including phenoxy) is 2. The average Bonchev–Trinajstić information content (AvgIpc) is 3.08. The summed E-state index contributed by atoms with van der Waals surface area (Å²) in [5.41, 5.74) is 2.04. The number of esters is 1. The minimum absolute atomic E-state index is 0.0736. The molecule has 0 bridgehead atoms. The Morgan fingerprint density at radius 3 is 2.62 bits per heavy atom. The van der Waals surface area contributed by atoms with Gasteiger partial charge in [-0.15, -0.1) is 0 Å². The van der Waals surface area contributed by atoms with Crippen molar-refractivity contribution in [2.45, 2.75) is 13.5 Å². The lowest BCUT2D eigenvalue weighted by molar-refractivity contribution is -0.151. The molecule has 150 valence electrons. The van der Waals surface area contributed by atoms with E-state index in [-0.39, 0.29) is 12.4 Å². The Bertz CT molecular complexity index is 1100. The Labute approximate surface area is 172 Å². The lowest BCUT2D eigenvalue weighted by Crippen LogP contribution is -2.15. The molecule has 0 saturated heterocycles. The maximum Gasteiger partial charge on any atom is 0.379 e. The van der Waals surface area contributed by atoms with Crippen molar-refractivity contribution in [2.24, 2.45) is 0 Å². The average molecular weight is 414 g/mol. The number of ketones is 1. The summed E-state index contributed by atoms with van der Waals surface area (Å²) in [7, 11) is 1.52. The Kier molecular flexibility index (Phi) is 6.24. The second-order valence-electron chi connectivity index (χ2n) is 6.23. The summed E-state index contributed by atoms with van der Waals surface area (Å²) in [6.07, 6.45) is 2.56. The first-order chi connectivity index (χ1) is 14.0. The number of aliphatic hydroxyl groups excluding tert-OH is 1. The quantitative estimate of drug-likeness (QED) is 0.269. The van der Waals surface area contributed by atoms with Crippen LogP contribution in [0.2, 0.25) is 5.02 Å². The third kappa shape index (κ3) is 4.27. The Hall–Kier alpha value is -3.25. The number of nitrogens with zero attached hydrogens (tertiary/aromatic N) is 1. The number of carbonyl (C=O) groups is 2. The minimum atomic E-state index is -1.02. The van der Waals surface area contributed by atoms with Gasteiger partial charge in [-0.05, 0) is 30.7 Å². The lowest BCUT2D eigenvalue weighted by atomic mass is 10.1. The van der Waals surface area contributed by atoms with E-state index >= 15 is 0 Å². The lowest BCUT2D eigenvalue weighted by Gasteiger charge is -2.08. The summed E-state index contributed by atoms with van der Waals surface area (Å²) in [4.78, 5) is 23.6. The molecule has 1 N–H and O–H groups in total. The van der Waals surface area contributed by atoms with Crippen molar-refractivity contribution < 1.29 is 24.2 Å². The highest BCUT2D eigenvalue weighted by molar-refractivity contribution is 6.39. The third-order valence-corrected chi connectivity index (χ3v) is 4.78. The number of fused-ring (bicyclic) bond motifs is 1. The fraction of sp³-hybridized carbons (Fsp3) is 0.182. The number of carbonyl (C=O) groups excluding carboxylic acids is 2. The number of hydrogen-bond donors (Lipinski definition) is 1. The maximum absolute atomic E-state index is 12.0. The molecule has 0 atom stereocenters. The minimum Gasteiger partial charge on any atom is -0.507 e. The van der Waals surface area contributed by atoms with Crippen molar-refractivity contribution in [3.8, 4) is 5.75 Å². The van der Waals surface area contributed by atoms with Gasteiger partial charge in [0.15, 0.2) is 0 Å². The highest BCUT2D eigenvalue weighted by Gasteiger charge is 2.19. The number of aromatic nitrogens is 1. The van der Waals surface area contributed by atoms with Crippen LogP contribution >= 0.6 is 11.6 Å². The SMILES string of the molecule is CCOC(=O)C(=O)C=C(O)c1cn(Cc2ccccc2Cl)c2cccc(OC)c12. The zero-order chi connectivity index (χ0) is 21.0. The topological polar surface area (TPSA) is 77.8 Å². The number of hydrogen-bond acceptors (Lipinski definition) is 5. The van der Waals surface area contributed by atoms with Crippen LogP contribution in [0.1, 0.15) is 18.1 Å². The van der Waals surface area contributed by atoms with Gasteiger partial charge < -0.3 is 19.1 Å². The van der Waals surface area contributed by atoms with E-state index in [4.69, 9.17) is 16.3 Å². The first-order valence-electron chi connectivity index (χ1n) is 8.97. The van der Waals surface area contributed by atoms with Gasteiger partial charge in [-0.2, -0.15) is 0 Å². The predicted molar refractivity (Wildman–Crippen MR) is 111 cm³/mol. The molecule has 3 rings (SSSR count). The van der Waals surface area contributed by atoms with Crippen molar-refractivity contribution in [2.75, 3.05) is 13.7 Å². The summed E-state index contributed by atoms with van der Waals surface area (Å²) >= 11 is 6.29. The second kappa shape index (κ2) is 8.84. The molecule has 0 saturated carbocycles. The van der Waals surface area contributed by atoms with Crippen LogP contribution < -0.4 is 4.74 Å². The molecule has 0 aliphatic rings. The van der Waals surface area contributed by atoms with E-state index < -0.39 is 11.8 Å². The van der Waals surface area contributed by atoms with Crippen LogP contribution in [0.25, 0.3) is 16.7 Å². The fourth-order valence-corrected chi connectivity index (χ4v) is 3.28. The highest BCUT2D eigenvalue weighted by Crippen LogP contribution is 2.34. The van der Waals surface area contributed by atoms with Crippen LogP contribution in [-0.4, -0.2) is 35.1 Å². The monoisotopic (exact) mass is 413 g/mol. The summed E-state index contributed by atoms with van der Waals surface area (Å²) in [6, 6.07) is 12.9. The summed E-state index contributed by atoms with van der Waals surface area (Å²) in [6.45, 7) is 2.12. The van der Waals surface area contributed by atoms with Gasteiger partial charge in [-0.3, -0.25) is 4.79 Å². The summed E-state index contributed by atoms with van der Waals surface area (Å²) < 4.78 is 12.0. The van der Waals surface area contributed by atoms with Crippen LogP contribution in [0, 0.1) is 0 Å². The molecule has 1 heterocycles. The molecule has 0 fully saturated rings. The van der Waals surface area contributed by atoms with Crippen LogP contribution in [-0.2, 0) is 20.9 Å². The number of halogens is 1. The highest BCUT2D eigenvalue weighted by atomic mass is 35.5. The Balaban J connectivity index is 2.11. The number of aliphatic hydroxyl groups is 1. The van der Waals surface area contributed by atoms with Gasteiger partial charge in [-0.25, -0.2) is 4.79 Å². The first-order valence-corrected chi connectivity index (χ1v) is 9.35. The molecule has 29 heavy (non-hydrogen) atoms. The van der Waals surface area contributed by atoms with Gasteiger partial charge in [0.05, 0.1) is 24.6 Å². The van der Waals surface area contributed by atoms with Crippen LogP contribution in [0.4, 0.5) is 0 Å². The van der Waals surface area contributed by atoms with Crippen LogP contribution in [0.3, 0.4) is 0 Å². The molecule has 0 aliphatic heterocycles. The predicted octanol–water partition coefficient (Wildman–Crippen LogP) is 4.38. The standard InChI is InChI=1S/C22H20ClNO5/c1-3-29-22(27)19(26)11-18(25)15-13-24(12-14-7-4-5-8-16(14)23)17-9-6-10-20(28-2)21(15)17/h4-11,13,25H,3,12H2,1-2H3. The molecule has 0 radical (unpaired) electrons. The molecular formula is C22H20ClNO5. The third-order valence-electron chi connectivity index (χ3n) is 4.41. The molecule has 0 amide bonds. The summed E-state index contributed by atoms with van der Waals surface area (Å²) in [5, 5.41) is 11.8. The van der Waals surface area contributed by atoms with Crippen molar-refractivity contribution in [1.29, 1.82) is 0 Å². The van der Waals surface area contributed by atoms with E-state index in [0.717, 1.165) is 17.2 Å². The van der Waals surface area contributed by atoms with Gasteiger partial charge in [0, 0.05) is 29.4 Å². The van der Waals surface area contributed by atoms with Gasteiger partial charge in [0.2, 0.25) is 0 Å². The maximum atomic E-state index is 12.0. The van der Waals surface area contributed by atoms with Gasteiger partial charge >= 0.3 is 5.97 Å². The Morgan fingerprint density at radius 2 is 1.93 bits per heavy atom. The van der Waals surface area contributed by atoms with E-state index in [1.165, 1.54) is 7.11 Å². The van der Waals surface area contributed by atoms with E-state index in [1.807, 2.05) is 34.9 Å². The summed E-state index contributed by atoms with van der Waals surface area (Å²) in [5.74, 6) is -1.79. The molecule has 6 nitrogen and oxygen atoms in total. The molecule has 0 unspecified atom stereocenters. The molecule has 2 aromatic carbocycles. The number of rotatable bonds is 7. The normalized spacial score (nSPS) is 11.5. The largest absolute Gasteiger partial charge is 0.507 e. The Morgan fingerprint density at radius 1 is 1.17 bits per heavy atom. The van der Waals surface area contributed by atoms with Crippen LogP contribution in [0.5, 0.6) is 5.75 Å². The van der Waals surface area contributed by atoms with E-state index in [1.54, 1.807) is 25.3 Å². The van der Waals surface area contributed by atoms with Crippen molar-refractivity contribution in [1.82, 2.24) is 4.57 Å². The van der Waals surface area contributed by atoms with Crippen LogP contribution in [0.15, 0.2) is 54.7 Å². The number of methoxy groups -OCH3 is 1. The zero-order valence-corrected chi connectivity index (χ0v) is 16.8. The smallest absolute Gasteiger partial charge is 0.379 e. The first kappa shape index (κ1) is 20.5. The van der Waals surface area contributed by atoms with E-state index in [0.29, 0.717) is 28.3 Å². The molecule has 7 heteroatoms. The molecule has 1 aromatic heterocycles. The number of benzene rings is 2. The van der Waals surface area contributed by atoms with Gasteiger partial charge in [0.1, 0.15) is 11.5 Å². The van der Waals surface area contributed by atoms with Crippen molar-refractivity contribution >= 4 is 40.0 Å². The van der Waals surface area contributed by atoms with Crippen molar-refractivity contribution in [3.63, 3.8) is 0 Å². The van der Waals surface area contributed by atoms with E-state index in [9.17, 15) is 14.7 Å². The molecule has 0 aliphatic carbocycles. The fourth-order valence-electron chi connectivity index (χ4n) is 3.09. The zero-order valence-electron chi connectivity index (χ0n) is 16.0. The van der Waals surface area contributed by atoms with Crippen molar-refractivity contribution in [3.05, 3.63) is 70.9 Å². The van der Waals surface area contributed by atoms with Gasteiger partial charge in [0.25, 0.3) is 5.78 Å². The second-order valence-corrected chi connectivity index (χ2v) is 6.64.